The van der Waals surface area contributed by atoms with Gasteiger partial charge < -0.3 is 14.7 Å². The van der Waals surface area contributed by atoms with Gasteiger partial charge in [0.25, 0.3) is 0 Å². The van der Waals surface area contributed by atoms with E-state index in [0.717, 1.165) is 13.0 Å². The molecule has 90 valence electrons. The van der Waals surface area contributed by atoms with Crippen molar-refractivity contribution < 1.29 is 4.42 Å². The van der Waals surface area contributed by atoms with Crippen molar-refractivity contribution in [1.82, 2.24) is 20.5 Å². The van der Waals surface area contributed by atoms with E-state index in [0.29, 0.717) is 23.9 Å². The van der Waals surface area contributed by atoms with Gasteiger partial charge >= 0.3 is 0 Å². The minimum absolute atomic E-state index is 0.189. The fourth-order valence-corrected chi connectivity index (χ4v) is 1.39. The fraction of sp³-hybridized carbons (Fsp3) is 0.364. The molecule has 2 rings (SSSR count). The van der Waals surface area contributed by atoms with Crippen LogP contribution in [0.4, 0.5) is 0 Å². The molecule has 2 aromatic rings. The summed E-state index contributed by atoms with van der Waals surface area (Å²) in [5.74, 6) is 0.887. The smallest absolute Gasteiger partial charge is 0.248 e. The Labute approximate surface area is 98.1 Å². The molecule has 6 nitrogen and oxygen atoms in total. The van der Waals surface area contributed by atoms with E-state index < -0.39 is 0 Å². The van der Waals surface area contributed by atoms with Crippen LogP contribution in [0.3, 0.4) is 0 Å². The molecular weight excluding hydrogens is 220 g/mol. The number of nitrogens with zero attached hydrogens (tertiary/aromatic N) is 2. The number of nitrogens with one attached hydrogen (secondary N) is 2. The Morgan fingerprint density at radius 3 is 3.12 bits per heavy atom. The van der Waals surface area contributed by atoms with Gasteiger partial charge in [0.2, 0.25) is 17.3 Å². The van der Waals surface area contributed by atoms with Crippen LogP contribution in [-0.4, -0.2) is 21.7 Å². The zero-order chi connectivity index (χ0) is 12.1. The molecule has 0 unspecified atom stereocenters. The largest absolute Gasteiger partial charge is 0.419 e. The van der Waals surface area contributed by atoms with Crippen molar-refractivity contribution in [3.05, 3.63) is 34.6 Å². The summed E-state index contributed by atoms with van der Waals surface area (Å²) < 4.78 is 5.43. The third-order valence-electron chi connectivity index (χ3n) is 2.19. The molecule has 0 aliphatic heterocycles. The van der Waals surface area contributed by atoms with Gasteiger partial charge in [-0.1, -0.05) is 6.92 Å². The van der Waals surface area contributed by atoms with E-state index in [1.807, 2.05) is 0 Å². The molecule has 0 fully saturated rings. The molecule has 0 amide bonds. The van der Waals surface area contributed by atoms with Gasteiger partial charge in [-0.05, 0) is 19.0 Å². The van der Waals surface area contributed by atoms with E-state index in [1.54, 1.807) is 12.3 Å². The first-order chi connectivity index (χ1) is 8.29. The number of pyridine rings is 1. The molecule has 0 saturated heterocycles. The van der Waals surface area contributed by atoms with Crippen LogP contribution in [-0.2, 0) is 6.54 Å². The Morgan fingerprint density at radius 2 is 2.35 bits per heavy atom. The molecule has 2 N–H and O–H groups in total. The minimum Gasteiger partial charge on any atom is -0.419 e. The second-order valence-electron chi connectivity index (χ2n) is 3.62. The van der Waals surface area contributed by atoms with Gasteiger partial charge in [0.05, 0.1) is 6.54 Å². The zero-order valence-electron chi connectivity index (χ0n) is 9.56. The van der Waals surface area contributed by atoms with E-state index >= 15 is 0 Å². The van der Waals surface area contributed by atoms with Crippen LogP contribution in [0.2, 0.25) is 0 Å². The molecule has 0 aliphatic carbocycles. The molecule has 0 aromatic carbocycles. The molecule has 6 heteroatoms. The van der Waals surface area contributed by atoms with Crippen molar-refractivity contribution in [2.24, 2.45) is 0 Å². The van der Waals surface area contributed by atoms with Crippen molar-refractivity contribution in [3.8, 4) is 11.5 Å². The Bertz CT molecular complexity index is 532. The Balaban J connectivity index is 2.10. The normalized spacial score (nSPS) is 10.6. The van der Waals surface area contributed by atoms with Gasteiger partial charge in [0, 0.05) is 17.8 Å². The summed E-state index contributed by atoms with van der Waals surface area (Å²) in [5.41, 5.74) is 0.439. The van der Waals surface area contributed by atoms with Gasteiger partial charge in [-0.3, -0.25) is 4.79 Å². The molecule has 0 aliphatic rings. The lowest BCUT2D eigenvalue weighted by Crippen LogP contribution is -2.13. The van der Waals surface area contributed by atoms with Crippen LogP contribution >= 0.6 is 0 Å². The first-order valence-corrected chi connectivity index (χ1v) is 5.52. The highest BCUT2D eigenvalue weighted by atomic mass is 16.4. The number of aromatic nitrogens is 3. The van der Waals surface area contributed by atoms with E-state index in [9.17, 15) is 4.79 Å². The van der Waals surface area contributed by atoms with Crippen LogP contribution in [0, 0.1) is 0 Å². The van der Waals surface area contributed by atoms with Crippen molar-refractivity contribution >= 4 is 0 Å². The summed E-state index contributed by atoms with van der Waals surface area (Å²) in [5, 5.41) is 11.0. The number of hydrogen-bond acceptors (Lipinski definition) is 5. The second-order valence-corrected chi connectivity index (χ2v) is 3.62. The maximum Gasteiger partial charge on any atom is 0.248 e. The molecular formula is C11H14N4O2. The summed E-state index contributed by atoms with van der Waals surface area (Å²) >= 11 is 0. The standard InChI is InChI=1S/C11H14N4O2/c1-2-4-12-7-10-14-15-11(17-10)8-3-5-13-9(16)6-8/h3,5-6,12H,2,4,7H2,1H3,(H,13,16). The first kappa shape index (κ1) is 11.5. The van der Waals surface area contributed by atoms with Gasteiger partial charge in [-0.15, -0.1) is 10.2 Å². The third kappa shape index (κ3) is 3.01. The average Bonchev–Trinajstić information content (AvgIpc) is 2.78. The van der Waals surface area contributed by atoms with Crippen LogP contribution in [0.15, 0.2) is 27.5 Å². The van der Waals surface area contributed by atoms with E-state index in [1.165, 1.54) is 6.07 Å². The summed E-state index contributed by atoms with van der Waals surface area (Å²) in [6, 6.07) is 3.15. The van der Waals surface area contributed by atoms with E-state index in [-0.39, 0.29) is 5.56 Å². The van der Waals surface area contributed by atoms with Crippen LogP contribution in [0.25, 0.3) is 11.5 Å². The Kier molecular flexibility index (Phi) is 3.66. The summed E-state index contributed by atoms with van der Waals surface area (Å²) in [6.45, 7) is 3.54. The minimum atomic E-state index is -0.189. The number of rotatable bonds is 5. The molecule has 0 radical (unpaired) electrons. The zero-order valence-corrected chi connectivity index (χ0v) is 9.56. The molecule has 0 saturated carbocycles. The fourth-order valence-electron chi connectivity index (χ4n) is 1.39. The van der Waals surface area contributed by atoms with Crippen molar-refractivity contribution in [3.63, 3.8) is 0 Å². The third-order valence-corrected chi connectivity index (χ3v) is 2.19. The van der Waals surface area contributed by atoms with Crippen LogP contribution in [0.1, 0.15) is 19.2 Å². The monoisotopic (exact) mass is 234 g/mol. The predicted octanol–water partition coefficient (Wildman–Crippen LogP) is 0.924. The summed E-state index contributed by atoms with van der Waals surface area (Å²) in [7, 11) is 0. The highest BCUT2D eigenvalue weighted by molar-refractivity contribution is 5.50. The molecule has 0 atom stereocenters. The molecule has 2 heterocycles. The number of H-pyrrole nitrogens is 1. The van der Waals surface area contributed by atoms with Gasteiger partial charge in [-0.2, -0.15) is 0 Å². The van der Waals surface area contributed by atoms with Crippen LogP contribution in [0.5, 0.6) is 0 Å². The Morgan fingerprint density at radius 1 is 1.47 bits per heavy atom. The van der Waals surface area contributed by atoms with Gasteiger partial charge in [0.1, 0.15) is 0 Å². The Hall–Kier alpha value is -1.95. The van der Waals surface area contributed by atoms with Gasteiger partial charge in [-0.25, -0.2) is 0 Å². The lowest BCUT2D eigenvalue weighted by Gasteiger charge is -1.96. The quantitative estimate of drug-likeness (QED) is 0.752. The highest BCUT2D eigenvalue weighted by Crippen LogP contribution is 2.14. The maximum absolute atomic E-state index is 11.1. The van der Waals surface area contributed by atoms with Crippen LogP contribution < -0.4 is 10.9 Å². The van der Waals surface area contributed by atoms with Crippen molar-refractivity contribution in [2.75, 3.05) is 6.54 Å². The topological polar surface area (TPSA) is 83.8 Å². The lowest BCUT2D eigenvalue weighted by molar-refractivity contribution is 0.477. The predicted molar refractivity (Wildman–Crippen MR) is 62.4 cm³/mol. The molecule has 0 bridgehead atoms. The molecule has 17 heavy (non-hydrogen) atoms. The first-order valence-electron chi connectivity index (χ1n) is 5.52. The lowest BCUT2D eigenvalue weighted by atomic mass is 10.3. The van der Waals surface area contributed by atoms with E-state index in [2.05, 4.69) is 27.4 Å². The molecule has 0 spiro atoms. The average molecular weight is 234 g/mol. The van der Waals surface area contributed by atoms with E-state index in [4.69, 9.17) is 4.42 Å². The summed E-state index contributed by atoms with van der Waals surface area (Å²) in [6.07, 6.45) is 2.60. The molecule has 2 aromatic heterocycles. The van der Waals surface area contributed by atoms with Crippen molar-refractivity contribution in [1.29, 1.82) is 0 Å². The number of hydrogen-bond donors (Lipinski definition) is 2. The van der Waals surface area contributed by atoms with Crippen molar-refractivity contribution in [2.45, 2.75) is 19.9 Å². The van der Waals surface area contributed by atoms with Gasteiger partial charge in [0.15, 0.2) is 0 Å². The maximum atomic E-state index is 11.1. The summed E-state index contributed by atoms with van der Waals surface area (Å²) in [4.78, 5) is 13.7. The SMILES string of the molecule is CCCNCc1nnc(-c2cc[nH]c(=O)c2)o1. The highest BCUT2D eigenvalue weighted by Gasteiger charge is 2.08. The second kappa shape index (κ2) is 5.40. The number of aromatic amines is 1.